The van der Waals surface area contributed by atoms with Crippen LogP contribution in [-0.2, 0) is 81.6 Å². The molecule has 2 aliphatic heterocycles. The summed E-state index contributed by atoms with van der Waals surface area (Å²) in [4.78, 5) is 60.3. The van der Waals surface area contributed by atoms with Crippen LogP contribution in [0.3, 0.4) is 0 Å². The van der Waals surface area contributed by atoms with E-state index < -0.39 is 107 Å². The Labute approximate surface area is 379 Å². The van der Waals surface area contributed by atoms with Crippen LogP contribution in [0.25, 0.3) is 0 Å². The van der Waals surface area contributed by atoms with E-state index in [-0.39, 0.29) is 32.1 Å². The molecule has 0 bridgehead atoms. The third-order valence-electron chi connectivity index (χ3n) is 10.5. The van der Waals surface area contributed by atoms with Crippen molar-refractivity contribution in [2.75, 3.05) is 25.6 Å². The standard InChI is InChI=1S/C46H51N3O17/c1-28(50)59-27-38-40(62-29(2)51)42(63-30(3)52)39(47-35-21-20-34(48(53)54)22-36(35)49(55)56)45(64-38)66-41-37(26-58-23-31-14-8-5-9-15-31)65-46(57-4)44(61-25-33-18-12-7-13-19-33)43(41)60-24-32-16-10-6-11-17-32/h5-22,37-47H,23-27H2,1-4H3/t37-,38-,39-,40-,41-,42-,43+,44-,45-,46-/m1/s1. The van der Waals surface area contributed by atoms with Gasteiger partial charge in [0.25, 0.3) is 11.4 Å². The highest BCUT2D eigenvalue weighted by atomic mass is 16.8. The number of ether oxygens (including phenoxy) is 10. The van der Waals surface area contributed by atoms with Crippen molar-refractivity contribution in [3.63, 3.8) is 0 Å². The highest BCUT2D eigenvalue weighted by Crippen LogP contribution is 2.38. The smallest absolute Gasteiger partial charge is 0.303 e. The average Bonchev–Trinajstić information content (AvgIpc) is 3.30. The highest BCUT2D eigenvalue weighted by molar-refractivity contribution is 5.69. The zero-order valence-electron chi connectivity index (χ0n) is 36.5. The SMILES string of the molecule is CO[C@@H]1O[C@H](COCc2ccccc2)[C@@H](O[C@H]2O[C@H](COC(C)=O)[C@@H](OC(C)=O)[C@H](OC(C)=O)[C@H]2Nc2ccc([N+](=O)[O-])cc2[N+](=O)[O-])[C@H](OCc2ccccc2)[C@H]1OCc1ccccc1. The fourth-order valence-electron chi connectivity index (χ4n) is 7.55. The van der Waals surface area contributed by atoms with E-state index in [4.69, 9.17) is 47.4 Å². The monoisotopic (exact) mass is 917 g/mol. The summed E-state index contributed by atoms with van der Waals surface area (Å²) in [6, 6.07) is 29.3. The minimum Gasteiger partial charge on any atom is -0.463 e. The van der Waals surface area contributed by atoms with Gasteiger partial charge in [0, 0.05) is 33.9 Å². The number of nitrogens with zero attached hydrogens (tertiary/aromatic N) is 2. The van der Waals surface area contributed by atoms with E-state index >= 15 is 0 Å². The number of hydrogen-bond acceptors (Lipinski definition) is 18. The molecule has 2 fully saturated rings. The molecule has 4 aromatic rings. The number of carbonyl (C=O) groups is 3. The van der Waals surface area contributed by atoms with Crippen LogP contribution in [0.15, 0.2) is 109 Å². The number of anilines is 1. The lowest BCUT2D eigenvalue weighted by Crippen LogP contribution is -2.67. The molecule has 352 valence electrons. The van der Waals surface area contributed by atoms with Crippen molar-refractivity contribution in [1.82, 2.24) is 0 Å². The zero-order chi connectivity index (χ0) is 47.2. The van der Waals surface area contributed by atoms with Gasteiger partial charge in [0.1, 0.15) is 48.9 Å². The Bertz CT molecular complexity index is 2240. The summed E-state index contributed by atoms with van der Waals surface area (Å²) in [5.74, 6) is -2.44. The lowest BCUT2D eigenvalue weighted by molar-refractivity contribution is -0.393. The maximum atomic E-state index is 12.9. The van der Waals surface area contributed by atoms with Crippen LogP contribution in [0.4, 0.5) is 17.1 Å². The summed E-state index contributed by atoms with van der Waals surface area (Å²) in [5.41, 5.74) is 0.862. The van der Waals surface area contributed by atoms with E-state index in [0.29, 0.717) is 0 Å². The van der Waals surface area contributed by atoms with Gasteiger partial charge in [0.2, 0.25) is 0 Å². The van der Waals surface area contributed by atoms with Crippen molar-refractivity contribution in [3.8, 4) is 0 Å². The number of benzene rings is 4. The van der Waals surface area contributed by atoms with E-state index in [1.165, 1.54) is 7.11 Å². The van der Waals surface area contributed by atoms with Crippen LogP contribution in [0, 0.1) is 20.2 Å². The summed E-state index contributed by atoms with van der Waals surface area (Å²) in [6.45, 7) is 2.93. The van der Waals surface area contributed by atoms with Gasteiger partial charge in [-0.3, -0.25) is 34.6 Å². The predicted octanol–water partition coefficient (Wildman–Crippen LogP) is 5.58. The number of esters is 3. The molecule has 0 radical (unpaired) electrons. The third kappa shape index (κ3) is 13.3. The molecule has 0 saturated carbocycles. The Morgan fingerprint density at radius 2 is 1.14 bits per heavy atom. The molecule has 4 aromatic carbocycles. The molecule has 0 aliphatic carbocycles. The molecule has 0 aromatic heterocycles. The topological polar surface area (TPSA) is 242 Å². The van der Waals surface area contributed by atoms with Gasteiger partial charge in [0.15, 0.2) is 24.8 Å². The van der Waals surface area contributed by atoms with Crippen molar-refractivity contribution in [1.29, 1.82) is 0 Å². The lowest BCUT2D eigenvalue weighted by atomic mass is 9.94. The molecule has 0 unspecified atom stereocenters. The first-order valence-corrected chi connectivity index (χ1v) is 20.9. The lowest BCUT2D eigenvalue weighted by Gasteiger charge is -2.50. The molecule has 10 atom stereocenters. The van der Waals surface area contributed by atoms with Crippen molar-refractivity contribution >= 4 is 35.0 Å². The molecule has 20 heteroatoms. The third-order valence-corrected chi connectivity index (χ3v) is 10.5. The number of nitrogens with one attached hydrogen (secondary N) is 1. The van der Waals surface area contributed by atoms with Crippen LogP contribution in [-0.4, -0.2) is 109 Å². The summed E-state index contributed by atoms with van der Waals surface area (Å²) < 4.78 is 62.4. The van der Waals surface area contributed by atoms with Crippen molar-refractivity contribution in [2.24, 2.45) is 0 Å². The number of nitro benzene ring substituents is 2. The summed E-state index contributed by atoms with van der Waals surface area (Å²) in [6.07, 6.45) is -11.6. The van der Waals surface area contributed by atoms with Crippen LogP contribution in [0.5, 0.6) is 0 Å². The normalized spacial score (nSPS) is 25.0. The van der Waals surface area contributed by atoms with Gasteiger partial charge in [-0.15, -0.1) is 0 Å². The Balaban J connectivity index is 1.48. The van der Waals surface area contributed by atoms with Crippen molar-refractivity contribution in [3.05, 3.63) is 146 Å². The van der Waals surface area contributed by atoms with E-state index in [2.05, 4.69) is 5.32 Å². The van der Waals surface area contributed by atoms with Crippen LogP contribution in [0.1, 0.15) is 37.5 Å². The largest absolute Gasteiger partial charge is 0.463 e. The molecule has 2 aliphatic rings. The Kier molecular flexibility index (Phi) is 17.6. The number of nitro groups is 2. The molecule has 20 nitrogen and oxygen atoms in total. The van der Waals surface area contributed by atoms with E-state index in [1.54, 1.807) is 0 Å². The molecule has 1 N–H and O–H groups in total. The van der Waals surface area contributed by atoms with Gasteiger partial charge in [-0.1, -0.05) is 91.0 Å². The fraction of sp³-hybridized carbons (Fsp3) is 0.413. The van der Waals surface area contributed by atoms with Gasteiger partial charge in [-0.2, -0.15) is 0 Å². The first-order chi connectivity index (χ1) is 31.8. The molecule has 2 heterocycles. The van der Waals surface area contributed by atoms with Gasteiger partial charge in [-0.25, -0.2) is 0 Å². The van der Waals surface area contributed by atoms with Gasteiger partial charge in [0.05, 0.1) is 42.3 Å². The summed E-state index contributed by atoms with van der Waals surface area (Å²) in [7, 11) is 1.45. The number of hydrogen-bond donors (Lipinski definition) is 1. The zero-order valence-corrected chi connectivity index (χ0v) is 36.5. The molecule has 0 amide bonds. The minimum atomic E-state index is -1.67. The maximum Gasteiger partial charge on any atom is 0.303 e. The second-order valence-corrected chi connectivity index (χ2v) is 15.3. The molecule has 0 spiro atoms. The van der Waals surface area contributed by atoms with Gasteiger partial charge < -0.3 is 52.7 Å². The molecule has 6 rings (SSSR count). The minimum absolute atomic E-state index is 0.0342. The number of rotatable bonds is 21. The first kappa shape index (κ1) is 49.1. The first-order valence-electron chi connectivity index (χ1n) is 20.9. The van der Waals surface area contributed by atoms with Crippen molar-refractivity contribution < 1.29 is 71.6 Å². The van der Waals surface area contributed by atoms with E-state index in [9.17, 15) is 34.6 Å². The summed E-state index contributed by atoms with van der Waals surface area (Å²) >= 11 is 0. The maximum absolute atomic E-state index is 12.9. The Hall–Kier alpha value is -6.39. The molecular formula is C46H51N3O17. The number of non-ortho nitro benzene ring substituents is 1. The van der Waals surface area contributed by atoms with E-state index in [1.807, 2.05) is 91.0 Å². The van der Waals surface area contributed by atoms with Gasteiger partial charge in [-0.05, 0) is 22.8 Å². The predicted molar refractivity (Wildman–Crippen MR) is 230 cm³/mol. The Morgan fingerprint density at radius 3 is 1.67 bits per heavy atom. The number of methoxy groups -OCH3 is 1. The van der Waals surface area contributed by atoms with Crippen LogP contribution >= 0.6 is 0 Å². The second kappa shape index (κ2) is 23.7. The average molecular weight is 918 g/mol. The molecule has 2 saturated heterocycles. The molecule has 66 heavy (non-hydrogen) atoms. The summed E-state index contributed by atoms with van der Waals surface area (Å²) in [5, 5.41) is 27.1. The quantitative estimate of drug-likeness (QED) is 0.0464. The molecular weight excluding hydrogens is 867 g/mol. The fourth-order valence-corrected chi connectivity index (χ4v) is 7.55. The highest BCUT2D eigenvalue weighted by Gasteiger charge is 2.55. The second-order valence-electron chi connectivity index (χ2n) is 15.3. The van der Waals surface area contributed by atoms with Crippen LogP contribution in [0.2, 0.25) is 0 Å². The van der Waals surface area contributed by atoms with Crippen LogP contribution < -0.4 is 5.32 Å². The van der Waals surface area contributed by atoms with Crippen molar-refractivity contribution in [2.45, 2.75) is 102 Å². The van der Waals surface area contributed by atoms with E-state index in [0.717, 1.165) is 55.7 Å². The Morgan fingerprint density at radius 1 is 0.606 bits per heavy atom. The number of carbonyl (C=O) groups excluding carboxylic acids is 3. The van der Waals surface area contributed by atoms with Gasteiger partial charge >= 0.3 is 17.9 Å².